The minimum absolute atomic E-state index is 0.639. The molecule has 0 heterocycles. The first kappa shape index (κ1) is 10.4. The van der Waals surface area contributed by atoms with Crippen LogP contribution in [-0.2, 0) is 15.5 Å². The minimum Gasteiger partial charge on any atom is -0.772 e. The molecule has 0 aliphatic heterocycles. The van der Waals surface area contributed by atoms with Gasteiger partial charge in [0, 0.05) is 0 Å². The maximum Gasteiger partial charge on any atom is 0.0969 e. The van der Waals surface area contributed by atoms with Gasteiger partial charge in [-0.2, -0.15) is 0 Å². The maximum absolute atomic E-state index is 8.35. The lowest BCUT2D eigenvalue weighted by Crippen LogP contribution is -1.84. The summed E-state index contributed by atoms with van der Waals surface area (Å²) < 4.78 is 8.35. The Morgan fingerprint density at radius 2 is 1.43 bits per heavy atom. The van der Waals surface area contributed by atoms with Crippen LogP contribution in [0.2, 0.25) is 0 Å². The van der Waals surface area contributed by atoms with E-state index in [4.69, 9.17) is 9.46 Å². The van der Waals surface area contributed by atoms with Gasteiger partial charge in [-0.05, 0) is 10.9 Å². The number of hydrogen-bond donors (Lipinski definition) is 0. The fraction of sp³-hybridized carbons (Fsp3) is 1.00. The van der Waals surface area contributed by atoms with Crippen molar-refractivity contribution in [3.05, 3.63) is 0 Å². The molecule has 7 heavy (non-hydrogen) atoms. The van der Waals surface area contributed by atoms with Gasteiger partial charge in [0.25, 0.3) is 0 Å². The average Bonchev–Trinajstić information content (AvgIpc) is 1.33. The summed E-state index contributed by atoms with van der Waals surface area (Å²) in [6, 6.07) is 0. The van der Waals surface area contributed by atoms with Crippen LogP contribution in [0.4, 0.5) is 0 Å². The van der Waals surface area contributed by atoms with E-state index in [2.05, 4.69) is 18.8 Å². The van der Waals surface area contributed by atoms with Crippen molar-refractivity contribution in [1.82, 2.24) is 0 Å². The first-order valence-corrected chi connectivity index (χ1v) is 4.77. The lowest BCUT2D eigenvalue weighted by molar-refractivity contribution is -0.154. The van der Waals surface area contributed by atoms with E-state index in [1.807, 2.05) is 0 Å². The lowest BCUT2D eigenvalue weighted by atomic mass is 11.9. The fourth-order valence-corrected chi connectivity index (χ4v) is 0. The molecule has 0 rings (SSSR count). The van der Waals surface area contributed by atoms with Crippen molar-refractivity contribution in [2.75, 3.05) is 18.8 Å². The summed E-state index contributed by atoms with van der Waals surface area (Å²) in [6.07, 6.45) is 6.58. The molecule has 0 N–H and O–H groups in total. The van der Waals surface area contributed by atoms with Crippen molar-refractivity contribution in [2.24, 2.45) is 0 Å². The van der Waals surface area contributed by atoms with Gasteiger partial charge in [0.15, 0.2) is 0 Å². The fourth-order valence-electron chi connectivity index (χ4n) is 0. The Hall–Kier alpha value is 0.410. The van der Waals surface area contributed by atoms with E-state index in [0.29, 0.717) is 10.9 Å². The SMILES string of the molecule is C[S+](C)C.O=P[O-]. The van der Waals surface area contributed by atoms with Crippen LogP contribution >= 0.6 is 8.69 Å². The highest BCUT2D eigenvalue weighted by Gasteiger charge is 1.77. The number of rotatable bonds is 0. The Bertz CT molecular complexity index is 37.2. The zero-order valence-electron chi connectivity index (χ0n) is 4.67. The topological polar surface area (TPSA) is 40.1 Å². The normalized spacial score (nSPS) is 8.14. The molecule has 0 saturated heterocycles. The number of hydrogen-bond acceptors (Lipinski definition) is 2. The van der Waals surface area contributed by atoms with Crippen molar-refractivity contribution in [3.63, 3.8) is 0 Å². The molecule has 0 aromatic carbocycles. The molecular formula is C3H9O2PS. The Morgan fingerprint density at radius 3 is 1.43 bits per heavy atom. The van der Waals surface area contributed by atoms with Crippen molar-refractivity contribution in [2.45, 2.75) is 0 Å². The highest BCUT2D eigenvalue weighted by molar-refractivity contribution is 7.94. The van der Waals surface area contributed by atoms with Gasteiger partial charge in [-0.15, -0.1) is 0 Å². The summed E-state index contributed by atoms with van der Waals surface area (Å²) in [6.45, 7) is 0. The van der Waals surface area contributed by atoms with Crippen LogP contribution in [0.3, 0.4) is 0 Å². The zero-order chi connectivity index (χ0) is 6.28. The summed E-state index contributed by atoms with van der Waals surface area (Å²) in [5.74, 6) is 0. The molecule has 0 aliphatic carbocycles. The van der Waals surface area contributed by atoms with E-state index < -0.39 is 8.69 Å². The van der Waals surface area contributed by atoms with Gasteiger partial charge in [0.1, 0.15) is 0 Å². The largest absolute Gasteiger partial charge is 0.772 e. The third kappa shape index (κ3) is 742. The Morgan fingerprint density at radius 1 is 1.43 bits per heavy atom. The summed E-state index contributed by atoms with van der Waals surface area (Å²) in [7, 11) is -0.444. The molecule has 0 aromatic rings. The van der Waals surface area contributed by atoms with E-state index in [0.717, 1.165) is 0 Å². The first-order chi connectivity index (χ1) is 3.15. The van der Waals surface area contributed by atoms with Crippen molar-refractivity contribution < 1.29 is 9.46 Å². The van der Waals surface area contributed by atoms with Crippen molar-refractivity contribution in [3.8, 4) is 0 Å². The van der Waals surface area contributed by atoms with E-state index in [1.54, 1.807) is 0 Å². The van der Waals surface area contributed by atoms with Crippen molar-refractivity contribution >= 4 is 19.6 Å². The molecule has 0 atom stereocenters. The Kier molecular flexibility index (Phi) is 14.3. The molecule has 0 amide bonds. The predicted molar refractivity (Wildman–Crippen MR) is 32.7 cm³/mol. The molecule has 2 nitrogen and oxygen atoms in total. The Labute approximate surface area is 48.6 Å². The van der Waals surface area contributed by atoms with Gasteiger partial charge in [-0.25, -0.2) is 0 Å². The summed E-state index contributed by atoms with van der Waals surface area (Å²) in [4.78, 5) is 8.35. The van der Waals surface area contributed by atoms with E-state index in [-0.39, 0.29) is 0 Å². The summed E-state index contributed by atoms with van der Waals surface area (Å²) in [5, 5.41) is 0. The van der Waals surface area contributed by atoms with Gasteiger partial charge < -0.3 is 4.89 Å². The summed E-state index contributed by atoms with van der Waals surface area (Å²) in [5.41, 5.74) is 0. The van der Waals surface area contributed by atoms with Crippen LogP contribution in [0.25, 0.3) is 0 Å². The van der Waals surface area contributed by atoms with Gasteiger partial charge in [-0.1, -0.05) is 0 Å². The van der Waals surface area contributed by atoms with Crippen LogP contribution in [-0.4, -0.2) is 18.8 Å². The standard InChI is InChI=1S/C3H9S.HO2P/c1-4(2)3;1-3-2/h1-3H3;(H,1,2)/q+1;/p-1. The molecule has 0 spiro atoms. The van der Waals surface area contributed by atoms with E-state index in [9.17, 15) is 0 Å². The molecule has 44 valence electrons. The van der Waals surface area contributed by atoms with Gasteiger partial charge in [-0.3, -0.25) is 4.57 Å². The molecule has 0 aromatic heterocycles. The van der Waals surface area contributed by atoms with E-state index in [1.165, 1.54) is 0 Å². The van der Waals surface area contributed by atoms with Gasteiger partial charge in [0.05, 0.1) is 27.5 Å². The van der Waals surface area contributed by atoms with Crippen molar-refractivity contribution in [1.29, 1.82) is 0 Å². The molecule has 0 bridgehead atoms. The molecule has 0 unspecified atom stereocenters. The minimum atomic E-state index is -1.08. The van der Waals surface area contributed by atoms with Gasteiger partial charge >= 0.3 is 0 Å². The molecule has 0 saturated carbocycles. The third-order valence-corrected chi connectivity index (χ3v) is 0. The van der Waals surface area contributed by atoms with Crippen LogP contribution in [0.15, 0.2) is 0 Å². The molecule has 0 radical (unpaired) electrons. The van der Waals surface area contributed by atoms with Crippen LogP contribution in [0.1, 0.15) is 0 Å². The lowest BCUT2D eigenvalue weighted by Gasteiger charge is -1.69. The first-order valence-electron chi connectivity index (χ1n) is 1.59. The molecular weight excluding hydrogens is 131 g/mol. The molecule has 0 fully saturated rings. The van der Waals surface area contributed by atoms with Crippen LogP contribution in [0.5, 0.6) is 0 Å². The molecule has 0 aliphatic rings. The Balaban J connectivity index is 0. The van der Waals surface area contributed by atoms with Crippen LogP contribution < -0.4 is 4.89 Å². The monoisotopic (exact) mass is 140 g/mol. The highest BCUT2D eigenvalue weighted by atomic mass is 32.2. The second-order valence-electron chi connectivity index (χ2n) is 1.30. The zero-order valence-corrected chi connectivity index (χ0v) is 6.38. The smallest absolute Gasteiger partial charge is 0.0969 e. The highest BCUT2D eigenvalue weighted by Crippen LogP contribution is 1.63. The molecule has 4 heteroatoms. The van der Waals surface area contributed by atoms with Crippen LogP contribution in [0, 0.1) is 0 Å². The quantitative estimate of drug-likeness (QED) is 0.352. The average molecular weight is 140 g/mol. The third-order valence-electron chi connectivity index (χ3n) is 0. The van der Waals surface area contributed by atoms with Gasteiger partial charge in [0.2, 0.25) is 0 Å². The second-order valence-corrected chi connectivity index (χ2v) is 3.90. The summed E-state index contributed by atoms with van der Waals surface area (Å²) >= 11 is 0. The van der Waals surface area contributed by atoms with E-state index >= 15 is 0 Å². The maximum atomic E-state index is 8.35. The second kappa shape index (κ2) is 9.65. The predicted octanol–water partition coefficient (Wildman–Crippen LogP) is 0.0475.